The number of nitrogens with zero attached hydrogens (tertiary/aromatic N) is 1. The van der Waals surface area contributed by atoms with Crippen LogP contribution in [0, 0.1) is 10.1 Å². The monoisotopic (exact) mass is 274 g/mol. The highest BCUT2D eigenvalue weighted by molar-refractivity contribution is 5.46. The van der Waals surface area contributed by atoms with E-state index in [1.54, 1.807) is 6.07 Å². The van der Waals surface area contributed by atoms with E-state index in [2.05, 4.69) is 38.2 Å². The van der Waals surface area contributed by atoms with Crippen molar-refractivity contribution in [3.05, 3.63) is 57.8 Å². The smallest absolute Gasteiger partial charge is 0.404 e. The van der Waals surface area contributed by atoms with Crippen molar-refractivity contribution in [2.75, 3.05) is 5.32 Å². The number of anilines is 1. The van der Waals surface area contributed by atoms with Gasteiger partial charge in [-0.05, 0) is 29.2 Å². The van der Waals surface area contributed by atoms with Crippen LogP contribution in [0.4, 0.5) is 11.6 Å². The van der Waals surface area contributed by atoms with Crippen LogP contribution in [0.2, 0.25) is 0 Å². The molecule has 0 bridgehead atoms. The fraction of sp³-hybridized carbons (Fsp3) is 0.333. The maximum absolute atomic E-state index is 10.5. The van der Waals surface area contributed by atoms with Gasteiger partial charge < -0.3 is 9.73 Å². The second kappa shape index (κ2) is 5.36. The van der Waals surface area contributed by atoms with Crippen molar-refractivity contribution in [2.45, 2.75) is 32.7 Å². The van der Waals surface area contributed by atoms with E-state index < -0.39 is 4.92 Å². The molecular weight excluding hydrogens is 256 g/mol. The minimum atomic E-state index is -0.540. The van der Waals surface area contributed by atoms with E-state index in [1.165, 1.54) is 11.6 Å². The number of hydrogen-bond donors (Lipinski definition) is 1. The third-order valence-corrected chi connectivity index (χ3v) is 3.05. The zero-order chi connectivity index (χ0) is 14.8. The summed E-state index contributed by atoms with van der Waals surface area (Å²) in [7, 11) is 0. The fourth-order valence-electron chi connectivity index (χ4n) is 1.84. The van der Waals surface area contributed by atoms with Gasteiger partial charge in [-0.3, -0.25) is 10.1 Å². The molecule has 0 atom stereocenters. The molecule has 1 N–H and O–H groups in total. The minimum Gasteiger partial charge on any atom is -0.404 e. The van der Waals surface area contributed by atoms with E-state index in [0.717, 1.165) is 5.69 Å². The molecule has 0 radical (unpaired) electrons. The quantitative estimate of drug-likeness (QED) is 0.673. The zero-order valence-corrected chi connectivity index (χ0v) is 11.8. The van der Waals surface area contributed by atoms with Crippen LogP contribution in [0.25, 0.3) is 0 Å². The molecule has 106 valence electrons. The first kappa shape index (κ1) is 14.1. The maximum atomic E-state index is 10.5. The van der Waals surface area contributed by atoms with Gasteiger partial charge in [-0.15, -0.1) is 0 Å². The van der Waals surface area contributed by atoms with Gasteiger partial charge in [0.25, 0.3) is 0 Å². The van der Waals surface area contributed by atoms with Gasteiger partial charge in [0, 0.05) is 5.69 Å². The van der Waals surface area contributed by atoms with Crippen LogP contribution in [0.3, 0.4) is 0 Å². The van der Waals surface area contributed by atoms with Crippen molar-refractivity contribution < 1.29 is 9.34 Å². The van der Waals surface area contributed by atoms with Crippen molar-refractivity contribution >= 4 is 11.6 Å². The Morgan fingerprint density at radius 2 is 1.80 bits per heavy atom. The molecular formula is C15H18N2O3. The number of rotatable bonds is 4. The molecule has 1 heterocycles. The van der Waals surface area contributed by atoms with Gasteiger partial charge in [-0.1, -0.05) is 32.9 Å². The molecule has 5 nitrogen and oxygen atoms in total. The third kappa shape index (κ3) is 3.38. The lowest BCUT2D eigenvalue weighted by atomic mass is 9.87. The molecule has 0 fully saturated rings. The molecule has 2 rings (SSSR count). The summed E-state index contributed by atoms with van der Waals surface area (Å²) < 4.78 is 5.08. The minimum absolute atomic E-state index is 0.125. The molecule has 0 saturated heterocycles. The first-order valence-corrected chi connectivity index (χ1v) is 6.44. The first-order valence-electron chi connectivity index (χ1n) is 6.44. The second-order valence-corrected chi connectivity index (χ2v) is 5.68. The SMILES string of the molecule is CC(C)(C)c1ccc(NCc2ccc([N+](=O)[O-])o2)cc1. The lowest BCUT2D eigenvalue weighted by molar-refractivity contribution is -0.402. The van der Waals surface area contributed by atoms with Crippen LogP contribution in [0.15, 0.2) is 40.8 Å². The zero-order valence-electron chi connectivity index (χ0n) is 11.8. The molecule has 20 heavy (non-hydrogen) atoms. The Bertz CT molecular complexity index is 594. The second-order valence-electron chi connectivity index (χ2n) is 5.68. The Labute approximate surface area is 117 Å². The van der Waals surface area contributed by atoms with E-state index in [0.29, 0.717) is 12.3 Å². The van der Waals surface area contributed by atoms with Crippen molar-refractivity contribution in [3.63, 3.8) is 0 Å². The number of nitro groups is 1. The lowest BCUT2D eigenvalue weighted by Crippen LogP contribution is -2.10. The van der Waals surface area contributed by atoms with Crippen LogP contribution >= 0.6 is 0 Å². The molecule has 0 saturated carbocycles. The van der Waals surface area contributed by atoms with Gasteiger partial charge in [-0.25, -0.2) is 0 Å². The fourth-order valence-corrected chi connectivity index (χ4v) is 1.84. The molecule has 0 unspecified atom stereocenters. The van der Waals surface area contributed by atoms with Gasteiger partial charge >= 0.3 is 5.88 Å². The average Bonchev–Trinajstić information content (AvgIpc) is 2.85. The van der Waals surface area contributed by atoms with E-state index in [-0.39, 0.29) is 11.3 Å². The van der Waals surface area contributed by atoms with Gasteiger partial charge in [0.2, 0.25) is 0 Å². The Kier molecular flexibility index (Phi) is 3.79. The van der Waals surface area contributed by atoms with Crippen LogP contribution in [-0.2, 0) is 12.0 Å². The predicted octanol–water partition coefficient (Wildman–Crippen LogP) is 4.10. The molecule has 0 amide bonds. The summed E-state index contributed by atoms with van der Waals surface area (Å²) in [5.74, 6) is 0.307. The molecule has 1 aromatic carbocycles. The Morgan fingerprint density at radius 3 is 2.30 bits per heavy atom. The number of nitrogens with one attached hydrogen (secondary N) is 1. The summed E-state index contributed by atoms with van der Waals surface area (Å²) in [4.78, 5) is 9.97. The third-order valence-electron chi connectivity index (χ3n) is 3.05. The molecule has 0 aliphatic rings. The summed E-state index contributed by atoms with van der Waals surface area (Å²) in [6.07, 6.45) is 0. The Hall–Kier alpha value is -2.30. The topological polar surface area (TPSA) is 68.3 Å². The summed E-state index contributed by atoms with van der Waals surface area (Å²) in [6, 6.07) is 11.1. The van der Waals surface area contributed by atoms with Crippen molar-refractivity contribution in [2.24, 2.45) is 0 Å². The number of benzene rings is 1. The Balaban J connectivity index is 1.98. The summed E-state index contributed by atoms with van der Waals surface area (Å²) in [6.45, 7) is 6.91. The lowest BCUT2D eigenvalue weighted by Gasteiger charge is -2.19. The van der Waals surface area contributed by atoms with Crippen LogP contribution < -0.4 is 5.32 Å². The molecule has 0 aliphatic heterocycles. The summed E-state index contributed by atoms with van der Waals surface area (Å²) >= 11 is 0. The molecule has 0 spiro atoms. The van der Waals surface area contributed by atoms with Gasteiger partial charge in [0.1, 0.15) is 10.7 Å². The molecule has 5 heteroatoms. The van der Waals surface area contributed by atoms with Crippen LogP contribution in [0.1, 0.15) is 32.1 Å². The summed E-state index contributed by atoms with van der Waals surface area (Å²) in [5, 5.41) is 13.7. The molecule has 0 aliphatic carbocycles. The van der Waals surface area contributed by atoms with Gasteiger partial charge in [0.15, 0.2) is 0 Å². The normalized spacial score (nSPS) is 11.3. The van der Waals surface area contributed by atoms with E-state index in [1.807, 2.05) is 12.1 Å². The van der Waals surface area contributed by atoms with Crippen molar-refractivity contribution in [1.82, 2.24) is 0 Å². The largest absolute Gasteiger partial charge is 0.433 e. The first-order chi connectivity index (χ1) is 9.36. The maximum Gasteiger partial charge on any atom is 0.433 e. The van der Waals surface area contributed by atoms with Gasteiger partial charge in [0.05, 0.1) is 12.6 Å². The molecule has 1 aromatic heterocycles. The Morgan fingerprint density at radius 1 is 1.15 bits per heavy atom. The van der Waals surface area contributed by atoms with Crippen LogP contribution in [0.5, 0.6) is 0 Å². The van der Waals surface area contributed by atoms with Crippen molar-refractivity contribution in [3.8, 4) is 0 Å². The number of furan rings is 1. The summed E-state index contributed by atoms with van der Waals surface area (Å²) in [5.41, 5.74) is 2.34. The highest BCUT2D eigenvalue weighted by Crippen LogP contribution is 2.24. The van der Waals surface area contributed by atoms with Crippen molar-refractivity contribution in [1.29, 1.82) is 0 Å². The highest BCUT2D eigenvalue weighted by atomic mass is 16.6. The van der Waals surface area contributed by atoms with Gasteiger partial charge in [-0.2, -0.15) is 0 Å². The van der Waals surface area contributed by atoms with E-state index >= 15 is 0 Å². The predicted molar refractivity (Wildman–Crippen MR) is 77.8 cm³/mol. The highest BCUT2D eigenvalue weighted by Gasteiger charge is 2.13. The standard InChI is InChI=1S/C15H18N2O3/c1-15(2,3)11-4-6-12(7-5-11)16-10-13-8-9-14(20-13)17(18)19/h4-9,16H,10H2,1-3H3. The number of hydrogen-bond acceptors (Lipinski definition) is 4. The average molecular weight is 274 g/mol. The van der Waals surface area contributed by atoms with E-state index in [9.17, 15) is 10.1 Å². The van der Waals surface area contributed by atoms with E-state index in [4.69, 9.17) is 4.42 Å². The molecule has 2 aromatic rings. The van der Waals surface area contributed by atoms with Crippen LogP contribution in [-0.4, -0.2) is 4.92 Å².